The van der Waals surface area contributed by atoms with Gasteiger partial charge in [0.2, 0.25) is 6.79 Å². The van der Waals surface area contributed by atoms with E-state index < -0.39 is 79.2 Å². The molecular formula is C31H38N2O11. The van der Waals surface area contributed by atoms with Gasteiger partial charge in [0.25, 0.3) is 5.91 Å². The van der Waals surface area contributed by atoms with Crippen LogP contribution in [0.15, 0.2) is 42.6 Å². The highest BCUT2D eigenvalue weighted by molar-refractivity contribution is 5.98. The Labute approximate surface area is 255 Å². The Morgan fingerprint density at radius 1 is 1.00 bits per heavy atom. The standard InChI is InChI=1S/C31H38N2O11/c1-17(2)28(35)42-16-41-26-23(39-6)12-13-32-24(26)27(34)33-22-15-40-30(37)21(14-20-10-8-7-9-11-20)25(19(5)43-31(22)38)44-29(36)18(3)4/h7-13,17-19,21-22,25H,14-16H2,1-6H3,(H,33,34)/t19-,21?,22?,25?/m0/s1. The van der Waals surface area contributed by atoms with Crippen molar-refractivity contribution in [2.75, 3.05) is 20.5 Å². The molecule has 3 unspecified atom stereocenters. The van der Waals surface area contributed by atoms with Crippen molar-refractivity contribution in [3.05, 3.63) is 53.9 Å². The molecular weight excluding hydrogens is 576 g/mol. The molecule has 1 saturated heterocycles. The fourth-order valence-electron chi connectivity index (χ4n) is 4.18. The van der Waals surface area contributed by atoms with E-state index in [2.05, 4.69) is 10.3 Å². The van der Waals surface area contributed by atoms with Crippen LogP contribution in [0.1, 0.15) is 50.7 Å². The monoisotopic (exact) mass is 614 g/mol. The average Bonchev–Trinajstić information content (AvgIpc) is 3.03. The molecule has 13 heteroatoms. The zero-order valence-corrected chi connectivity index (χ0v) is 25.6. The number of esters is 4. The maximum Gasteiger partial charge on any atom is 0.332 e. The summed E-state index contributed by atoms with van der Waals surface area (Å²) in [6, 6.07) is 9.03. The quantitative estimate of drug-likeness (QED) is 0.224. The van der Waals surface area contributed by atoms with E-state index in [1.165, 1.54) is 26.3 Å². The number of aromatic nitrogens is 1. The average molecular weight is 615 g/mol. The van der Waals surface area contributed by atoms with E-state index in [-0.39, 0.29) is 23.6 Å². The number of ether oxygens (including phenoxy) is 6. The van der Waals surface area contributed by atoms with E-state index >= 15 is 0 Å². The lowest BCUT2D eigenvalue weighted by Gasteiger charge is -2.29. The summed E-state index contributed by atoms with van der Waals surface area (Å²) in [4.78, 5) is 68.5. The maximum absolute atomic E-state index is 13.4. The van der Waals surface area contributed by atoms with Gasteiger partial charge in [-0.15, -0.1) is 0 Å². The summed E-state index contributed by atoms with van der Waals surface area (Å²) in [5, 5.41) is 2.46. The molecule has 4 atom stereocenters. The molecule has 1 N–H and O–H groups in total. The Kier molecular flexibility index (Phi) is 12.1. The van der Waals surface area contributed by atoms with E-state index in [1.807, 2.05) is 18.2 Å². The van der Waals surface area contributed by atoms with Gasteiger partial charge < -0.3 is 33.7 Å². The molecule has 13 nitrogen and oxygen atoms in total. The van der Waals surface area contributed by atoms with Gasteiger partial charge in [0.15, 0.2) is 29.3 Å². The van der Waals surface area contributed by atoms with Gasteiger partial charge >= 0.3 is 23.9 Å². The second-order valence-electron chi connectivity index (χ2n) is 10.7. The van der Waals surface area contributed by atoms with Crippen molar-refractivity contribution in [2.24, 2.45) is 17.8 Å². The highest BCUT2D eigenvalue weighted by atomic mass is 16.7. The highest BCUT2D eigenvalue weighted by Gasteiger charge is 2.42. The first-order valence-electron chi connectivity index (χ1n) is 14.2. The van der Waals surface area contributed by atoms with Gasteiger partial charge in [-0.3, -0.25) is 19.2 Å². The zero-order chi connectivity index (χ0) is 32.4. The minimum absolute atomic E-state index is 0.112. The van der Waals surface area contributed by atoms with Gasteiger partial charge in [0.1, 0.15) is 18.6 Å². The lowest BCUT2D eigenvalue weighted by molar-refractivity contribution is -0.176. The van der Waals surface area contributed by atoms with E-state index in [4.69, 9.17) is 28.4 Å². The Balaban J connectivity index is 1.85. The molecule has 1 amide bonds. The first-order valence-corrected chi connectivity index (χ1v) is 14.2. The molecule has 0 aliphatic carbocycles. The van der Waals surface area contributed by atoms with Crippen molar-refractivity contribution in [3.8, 4) is 11.5 Å². The molecule has 2 heterocycles. The number of pyridine rings is 1. The number of nitrogens with zero attached hydrogens (tertiary/aromatic N) is 1. The summed E-state index contributed by atoms with van der Waals surface area (Å²) < 4.78 is 32.6. The first kappa shape index (κ1) is 33.8. The number of carbonyl (C=O) groups excluding carboxylic acids is 5. The van der Waals surface area contributed by atoms with Crippen molar-refractivity contribution in [1.29, 1.82) is 0 Å². The van der Waals surface area contributed by atoms with Crippen LogP contribution in [0.4, 0.5) is 0 Å². The third kappa shape index (κ3) is 8.91. The molecule has 1 fully saturated rings. The van der Waals surface area contributed by atoms with Crippen LogP contribution in [0.3, 0.4) is 0 Å². The van der Waals surface area contributed by atoms with Crippen LogP contribution in [0, 0.1) is 17.8 Å². The normalized spacial score (nSPS) is 20.4. The highest BCUT2D eigenvalue weighted by Crippen LogP contribution is 2.30. The zero-order valence-electron chi connectivity index (χ0n) is 25.6. The van der Waals surface area contributed by atoms with Crippen LogP contribution in [-0.2, 0) is 44.5 Å². The lowest BCUT2D eigenvalue weighted by Crippen LogP contribution is -2.47. The number of rotatable bonds is 11. The molecule has 0 radical (unpaired) electrons. The summed E-state index contributed by atoms with van der Waals surface area (Å²) in [7, 11) is 1.34. The molecule has 3 rings (SSSR count). The van der Waals surface area contributed by atoms with E-state index in [0.717, 1.165) is 5.56 Å². The van der Waals surface area contributed by atoms with Crippen molar-refractivity contribution in [1.82, 2.24) is 10.3 Å². The molecule has 44 heavy (non-hydrogen) atoms. The van der Waals surface area contributed by atoms with Crippen molar-refractivity contribution in [2.45, 2.75) is 59.3 Å². The predicted octanol–water partition coefficient (Wildman–Crippen LogP) is 2.64. The number of hydrogen-bond donors (Lipinski definition) is 1. The van der Waals surface area contributed by atoms with Gasteiger partial charge in [-0.25, -0.2) is 9.78 Å². The number of benzene rings is 1. The van der Waals surface area contributed by atoms with Crippen molar-refractivity contribution >= 4 is 29.8 Å². The molecule has 1 aromatic carbocycles. The molecule has 1 aliphatic heterocycles. The molecule has 0 saturated carbocycles. The summed E-state index contributed by atoms with van der Waals surface area (Å²) >= 11 is 0. The summed E-state index contributed by atoms with van der Waals surface area (Å²) in [5.41, 5.74) is 0.487. The first-order chi connectivity index (χ1) is 20.9. The Hall–Kier alpha value is -4.68. The minimum Gasteiger partial charge on any atom is -0.493 e. The fourth-order valence-corrected chi connectivity index (χ4v) is 4.18. The van der Waals surface area contributed by atoms with Gasteiger partial charge in [-0.2, -0.15) is 0 Å². The van der Waals surface area contributed by atoms with Crippen LogP contribution in [0.25, 0.3) is 0 Å². The van der Waals surface area contributed by atoms with Gasteiger partial charge in [-0.05, 0) is 18.9 Å². The lowest BCUT2D eigenvalue weighted by atomic mass is 9.91. The van der Waals surface area contributed by atoms with Gasteiger partial charge in [-0.1, -0.05) is 58.0 Å². The number of carbonyl (C=O) groups is 5. The number of hydrogen-bond acceptors (Lipinski definition) is 12. The summed E-state index contributed by atoms with van der Waals surface area (Å²) in [5.74, 6) is -5.61. The van der Waals surface area contributed by atoms with Crippen LogP contribution in [-0.4, -0.2) is 73.5 Å². The van der Waals surface area contributed by atoms with Gasteiger partial charge in [0, 0.05) is 12.3 Å². The smallest absolute Gasteiger partial charge is 0.332 e. The fraction of sp³-hybridized carbons (Fsp3) is 0.484. The SMILES string of the molecule is COc1ccnc(C(=O)NC2COC(=O)C(Cc3ccccc3)C(OC(=O)C(C)C)[C@H](C)OC2=O)c1OCOC(=O)C(C)C. The predicted molar refractivity (Wildman–Crippen MR) is 153 cm³/mol. The van der Waals surface area contributed by atoms with Crippen molar-refractivity contribution < 1.29 is 52.4 Å². The van der Waals surface area contributed by atoms with Gasteiger partial charge in [0.05, 0.1) is 18.9 Å². The maximum atomic E-state index is 13.4. The third-order valence-corrected chi connectivity index (χ3v) is 6.65. The molecule has 1 aliphatic rings. The molecule has 2 aromatic rings. The molecule has 238 valence electrons. The largest absolute Gasteiger partial charge is 0.493 e. The Bertz CT molecular complexity index is 1330. The van der Waals surface area contributed by atoms with Crippen LogP contribution >= 0.6 is 0 Å². The van der Waals surface area contributed by atoms with Crippen molar-refractivity contribution in [3.63, 3.8) is 0 Å². The number of methoxy groups -OCH3 is 1. The van der Waals surface area contributed by atoms with Crippen LogP contribution in [0.5, 0.6) is 11.5 Å². The summed E-state index contributed by atoms with van der Waals surface area (Å²) in [6.45, 7) is 6.98. The van der Waals surface area contributed by atoms with Crippen LogP contribution < -0.4 is 14.8 Å². The number of amides is 1. The van der Waals surface area contributed by atoms with Crippen LogP contribution in [0.2, 0.25) is 0 Å². The number of nitrogens with one attached hydrogen (secondary N) is 1. The third-order valence-electron chi connectivity index (χ3n) is 6.65. The minimum atomic E-state index is -1.45. The topological polar surface area (TPSA) is 166 Å². The molecule has 0 spiro atoms. The second kappa shape index (κ2) is 15.7. The van der Waals surface area contributed by atoms with E-state index in [0.29, 0.717) is 0 Å². The summed E-state index contributed by atoms with van der Waals surface area (Å²) in [6.07, 6.45) is -0.811. The Morgan fingerprint density at radius 2 is 1.68 bits per heavy atom. The van der Waals surface area contributed by atoms with E-state index in [1.54, 1.807) is 39.8 Å². The number of cyclic esters (lactones) is 2. The van der Waals surface area contributed by atoms with E-state index in [9.17, 15) is 24.0 Å². The Morgan fingerprint density at radius 3 is 2.32 bits per heavy atom. The molecule has 0 bridgehead atoms. The second-order valence-corrected chi connectivity index (χ2v) is 10.7. The molecule has 1 aromatic heterocycles.